The van der Waals surface area contributed by atoms with Gasteiger partial charge in [0.05, 0.1) is 12.2 Å². The lowest BCUT2D eigenvalue weighted by Gasteiger charge is -2.27. The molecular formula is C17H35N3O2. The molecule has 1 aliphatic carbocycles. The van der Waals surface area contributed by atoms with Gasteiger partial charge in [0.25, 0.3) is 0 Å². The maximum absolute atomic E-state index is 9.58. The normalized spacial score (nSPS) is 24.4. The lowest BCUT2D eigenvalue weighted by atomic mass is 9.93. The molecule has 0 aromatic rings. The molecule has 5 heteroatoms. The number of aliphatic imine (C=N–C) groups is 1. The van der Waals surface area contributed by atoms with Crippen LogP contribution in [0.1, 0.15) is 59.8 Å². The molecular weight excluding hydrogens is 278 g/mol. The number of nitrogens with zero attached hydrogens (tertiary/aromatic N) is 1. The molecule has 3 N–H and O–H groups in total. The summed E-state index contributed by atoms with van der Waals surface area (Å²) in [5, 5.41) is 16.4. The third-order valence-electron chi connectivity index (χ3n) is 4.19. The van der Waals surface area contributed by atoms with Crippen molar-refractivity contribution in [2.24, 2.45) is 10.9 Å². The number of aliphatic hydroxyl groups excluding tert-OH is 1. The minimum Gasteiger partial charge on any atom is -0.393 e. The van der Waals surface area contributed by atoms with Gasteiger partial charge in [-0.05, 0) is 51.9 Å². The highest BCUT2D eigenvalue weighted by atomic mass is 16.5. The van der Waals surface area contributed by atoms with Crippen LogP contribution < -0.4 is 10.6 Å². The van der Waals surface area contributed by atoms with Crippen LogP contribution in [0, 0.1) is 5.92 Å². The number of ether oxygens (including phenoxy) is 1. The molecule has 5 nitrogen and oxygen atoms in total. The van der Waals surface area contributed by atoms with Crippen molar-refractivity contribution in [2.45, 2.75) is 78.0 Å². The van der Waals surface area contributed by atoms with Crippen LogP contribution in [0.4, 0.5) is 0 Å². The van der Waals surface area contributed by atoms with Crippen molar-refractivity contribution in [1.82, 2.24) is 10.6 Å². The van der Waals surface area contributed by atoms with Crippen LogP contribution in [0.25, 0.3) is 0 Å². The van der Waals surface area contributed by atoms with Crippen molar-refractivity contribution in [2.75, 3.05) is 19.7 Å². The van der Waals surface area contributed by atoms with E-state index in [9.17, 15) is 5.11 Å². The van der Waals surface area contributed by atoms with E-state index in [4.69, 9.17) is 4.74 Å². The van der Waals surface area contributed by atoms with Gasteiger partial charge < -0.3 is 20.5 Å². The fraction of sp³-hybridized carbons (Fsp3) is 0.941. The van der Waals surface area contributed by atoms with E-state index < -0.39 is 0 Å². The molecule has 0 aromatic heterocycles. The smallest absolute Gasteiger partial charge is 0.191 e. The highest BCUT2D eigenvalue weighted by Gasteiger charge is 2.20. The van der Waals surface area contributed by atoms with Gasteiger partial charge in [-0.1, -0.05) is 13.8 Å². The van der Waals surface area contributed by atoms with Crippen LogP contribution >= 0.6 is 0 Å². The third-order valence-corrected chi connectivity index (χ3v) is 4.19. The van der Waals surface area contributed by atoms with E-state index in [1.54, 1.807) is 0 Å². The zero-order valence-corrected chi connectivity index (χ0v) is 14.8. The van der Waals surface area contributed by atoms with E-state index in [1.807, 2.05) is 6.92 Å². The van der Waals surface area contributed by atoms with Crippen LogP contribution in [-0.2, 0) is 4.74 Å². The predicted molar refractivity (Wildman–Crippen MR) is 92.2 cm³/mol. The van der Waals surface area contributed by atoms with Gasteiger partial charge in [-0.25, -0.2) is 0 Å². The molecule has 22 heavy (non-hydrogen) atoms. The summed E-state index contributed by atoms with van der Waals surface area (Å²) in [6.45, 7) is 10.9. The fourth-order valence-electron chi connectivity index (χ4n) is 2.86. The first-order valence-corrected chi connectivity index (χ1v) is 8.91. The van der Waals surface area contributed by atoms with E-state index in [2.05, 4.69) is 36.4 Å². The van der Waals surface area contributed by atoms with Crippen LogP contribution in [-0.4, -0.2) is 49.0 Å². The van der Waals surface area contributed by atoms with Gasteiger partial charge in [0.2, 0.25) is 0 Å². The minimum absolute atomic E-state index is 0.115. The summed E-state index contributed by atoms with van der Waals surface area (Å²) in [6.07, 6.45) is 4.91. The molecule has 1 fully saturated rings. The molecule has 0 bridgehead atoms. The van der Waals surface area contributed by atoms with Gasteiger partial charge in [-0.3, -0.25) is 4.99 Å². The number of guanidine groups is 1. The van der Waals surface area contributed by atoms with Crippen molar-refractivity contribution in [3.05, 3.63) is 0 Å². The van der Waals surface area contributed by atoms with Gasteiger partial charge in [-0.15, -0.1) is 0 Å². The minimum atomic E-state index is -0.115. The van der Waals surface area contributed by atoms with Gasteiger partial charge in [0, 0.05) is 25.7 Å². The van der Waals surface area contributed by atoms with Crippen molar-refractivity contribution < 1.29 is 9.84 Å². The Labute approximate surface area is 135 Å². The lowest BCUT2D eigenvalue weighted by Crippen LogP contribution is -2.45. The lowest BCUT2D eigenvalue weighted by molar-refractivity contribution is 0.0266. The topological polar surface area (TPSA) is 65.9 Å². The van der Waals surface area contributed by atoms with Gasteiger partial charge in [-0.2, -0.15) is 0 Å². The maximum Gasteiger partial charge on any atom is 0.191 e. The molecule has 0 amide bonds. The molecule has 0 saturated heterocycles. The number of nitrogens with one attached hydrogen (secondary N) is 2. The summed E-state index contributed by atoms with van der Waals surface area (Å²) >= 11 is 0. The Bertz CT molecular complexity index is 313. The average Bonchev–Trinajstić information content (AvgIpc) is 2.48. The number of aliphatic hydroxyl groups is 1. The third kappa shape index (κ3) is 7.45. The van der Waals surface area contributed by atoms with E-state index >= 15 is 0 Å². The second-order valence-corrected chi connectivity index (χ2v) is 6.44. The zero-order valence-electron chi connectivity index (χ0n) is 14.8. The first kappa shape index (κ1) is 19.2. The van der Waals surface area contributed by atoms with Crippen molar-refractivity contribution in [1.29, 1.82) is 0 Å². The number of hydrogen-bond acceptors (Lipinski definition) is 3. The van der Waals surface area contributed by atoms with Crippen LogP contribution in [0.3, 0.4) is 0 Å². The molecule has 1 aliphatic rings. The molecule has 130 valence electrons. The average molecular weight is 313 g/mol. The number of hydrogen-bond donors (Lipinski definition) is 3. The Morgan fingerprint density at radius 1 is 1.23 bits per heavy atom. The molecule has 0 spiro atoms. The first-order valence-electron chi connectivity index (χ1n) is 8.91. The van der Waals surface area contributed by atoms with E-state index in [1.165, 1.54) is 0 Å². The van der Waals surface area contributed by atoms with Gasteiger partial charge in [0.15, 0.2) is 5.96 Å². The SMILES string of the molecule is CCNC(=NCCC(OCC)C(C)C)NC1CCC(O)CC1. The van der Waals surface area contributed by atoms with Gasteiger partial charge in [0.1, 0.15) is 0 Å². The molecule has 0 heterocycles. The van der Waals surface area contributed by atoms with Gasteiger partial charge >= 0.3 is 0 Å². The predicted octanol–water partition coefficient (Wildman–Crippen LogP) is 2.30. The molecule has 1 rings (SSSR count). The first-order chi connectivity index (χ1) is 10.6. The van der Waals surface area contributed by atoms with Crippen molar-refractivity contribution in [3.63, 3.8) is 0 Å². The highest BCUT2D eigenvalue weighted by Crippen LogP contribution is 2.18. The summed E-state index contributed by atoms with van der Waals surface area (Å²) in [6, 6.07) is 0.425. The van der Waals surface area contributed by atoms with Crippen LogP contribution in [0.2, 0.25) is 0 Å². The molecule has 1 unspecified atom stereocenters. The largest absolute Gasteiger partial charge is 0.393 e. The van der Waals surface area contributed by atoms with Crippen molar-refractivity contribution >= 4 is 5.96 Å². The Morgan fingerprint density at radius 2 is 1.91 bits per heavy atom. The van der Waals surface area contributed by atoms with E-state index in [-0.39, 0.29) is 12.2 Å². The Morgan fingerprint density at radius 3 is 2.45 bits per heavy atom. The zero-order chi connectivity index (χ0) is 16.4. The summed E-state index contributed by atoms with van der Waals surface area (Å²) in [4.78, 5) is 4.68. The quantitative estimate of drug-likeness (QED) is 0.475. The molecule has 0 radical (unpaired) electrons. The van der Waals surface area contributed by atoms with Crippen LogP contribution in [0.15, 0.2) is 4.99 Å². The van der Waals surface area contributed by atoms with Crippen LogP contribution in [0.5, 0.6) is 0 Å². The van der Waals surface area contributed by atoms with Crippen molar-refractivity contribution in [3.8, 4) is 0 Å². The van der Waals surface area contributed by atoms with E-state index in [0.717, 1.165) is 57.8 Å². The summed E-state index contributed by atoms with van der Waals surface area (Å²) in [5.41, 5.74) is 0. The number of rotatable bonds is 8. The molecule has 0 aliphatic heterocycles. The fourth-order valence-corrected chi connectivity index (χ4v) is 2.86. The standard InChI is InChI=1S/C17H35N3O2/c1-5-18-17(20-14-7-9-15(21)10-8-14)19-12-11-16(13(3)4)22-6-2/h13-16,21H,5-12H2,1-4H3,(H2,18,19,20). The maximum atomic E-state index is 9.58. The monoisotopic (exact) mass is 313 g/mol. The van der Waals surface area contributed by atoms with E-state index in [0.29, 0.717) is 12.0 Å². The molecule has 1 atom stereocenters. The summed E-state index contributed by atoms with van der Waals surface area (Å²) in [7, 11) is 0. The molecule has 0 aromatic carbocycles. The summed E-state index contributed by atoms with van der Waals surface area (Å²) < 4.78 is 5.77. The second kappa shape index (κ2) is 10.8. The Balaban J connectivity index is 2.43. The Kier molecular flexibility index (Phi) is 9.48. The highest BCUT2D eigenvalue weighted by molar-refractivity contribution is 5.80. The second-order valence-electron chi connectivity index (χ2n) is 6.44. The summed E-state index contributed by atoms with van der Waals surface area (Å²) in [5.74, 6) is 1.41. The Hall–Kier alpha value is -0.810. The molecule has 1 saturated carbocycles.